The Hall–Kier alpha value is -0.0695. The van der Waals surface area contributed by atoms with Crippen LogP contribution in [0.15, 0.2) is 10.7 Å². The minimum atomic E-state index is -4.07. The molecular formula is C4H2Ag2N2O4S+2. The van der Waals surface area contributed by atoms with Crippen LogP contribution in [0.3, 0.4) is 0 Å². The first-order valence-corrected chi connectivity index (χ1v) is 3.88. The van der Waals surface area contributed by atoms with Crippen molar-refractivity contribution >= 4 is 15.9 Å². The second-order valence-corrected chi connectivity index (χ2v) is 3.34. The zero-order valence-electron chi connectivity index (χ0n) is 5.63. The van der Waals surface area contributed by atoms with Gasteiger partial charge in [-0.15, -0.1) is 0 Å². The van der Waals surface area contributed by atoms with Crippen LogP contribution in [0.25, 0.3) is 0 Å². The van der Waals surface area contributed by atoms with E-state index in [1.807, 2.05) is 0 Å². The number of allylic oxidation sites excluding steroid dienone is 1. The fourth-order valence-electron chi connectivity index (χ4n) is 0.565. The zero-order chi connectivity index (χ0) is 8.65. The zero-order valence-corrected chi connectivity index (χ0v) is 9.41. The Morgan fingerprint density at radius 3 is 2.00 bits per heavy atom. The fraction of sp³-hybridized carbons (Fsp3) is 0. The molecule has 78 valence electrons. The summed E-state index contributed by atoms with van der Waals surface area (Å²) < 4.78 is 22.7. The molecule has 0 spiro atoms. The van der Waals surface area contributed by atoms with Crippen molar-refractivity contribution in [2.75, 3.05) is 0 Å². The Kier molecular flexibility index (Phi) is 5.89. The van der Waals surface area contributed by atoms with Crippen molar-refractivity contribution in [3.63, 3.8) is 0 Å². The first kappa shape index (κ1) is 15.4. The van der Waals surface area contributed by atoms with E-state index in [-0.39, 0.29) is 44.8 Å². The van der Waals surface area contributed by atoms with Crippen LogP contribution in [0.5, 0.6) is 0 Å². The molecule has 1 aliphatic heterocycles. The quantitative estimate of drug-likeness (QED) is 0.502. The molecule has 1 amide bonds. The first-order valence-electron chi connectivity index (χ1n) is 2.39. The number of carbonyl (C=O) groups excluding carboxylic acids is 1. The summed E-state index contributed by atoms with van der Waals surface area (Å²) in [4.78, 5) is 9.48. The predicted octanol–water partition coefficient (Wildman–Crippen LogP) is -1.27. The third kappa shape index (κ3) is 2.69. The Bertz CT molecular complexity index is 393. The Morgan fingerprint density at radius 1 is 1.38 bits per heavy atom. The molecule has 2 N–H and O–H groups in total. The molecule has 0 radical (unpaired) electrons. The van der Waals surface area contributed by atoms with Gasteiger partial charge >= 0.3 is 50.7 Å². The Morgan fingerprint density at radius 2 is 1.85 bits per heavy atom. The number of amides is 1. The summed E-state index contributed by atoms with van der Waals surface area (Å²) in [6.07, 6.45) is 0. The van der Waals surface area contributed by atoms with Gasteiger partial charge in [0.1, 0.15) is 6.07 Å². The van der Waals surface area contributed by atoms with Crippen molar-refractivity contribution in [3.8, 4) is 6.07 Å². The van der Waals surface area contributed by atoms with E-state index in [4.69, 9.17) is 10.4 Å². The Balaban J connectivity index is 0. The van der Waals surface area contributed by atoms with Gasteiger partial charge in [-0.25, -0.2) is 13.1 Å². The summed E-state index contributed by atoms with van der Waals surface area (Å²) in [6, 6.07) is 1.19. The first-order chi connectivity index (χ1) is 4.99. The molecule has 0 bridgehead atoms. The van der Waals surface area contributed by atoms with E-state index in [1.54, 1.807) is 0 Å². The van der Waals surface area contributed by atoms with Gasteiger partial charge in [0.2, 0.25) is 10.7 Å². The number of rotatable bonds is 0. The molecule has 1 heterocycles. The van der Waals surface area contributed by atoms with Gasteiger partial charge in [0.25, 0.3) is 10.0 Å². The predicted molar refractivity (Wildman–Crippen MR) is 32.3 cm³/mol. The second kappa shape index (κ2) is 4.97. The van der Waals surface area contributed by atoms with Crippen LogP contribution in [0.2, 0.25) is 0 Å². The number of nitrogens with zero attached hydrogens (tertiary/aromatic N) is 1. The molecule has 1 rings (SSSR count). The van der Waals surface area contributed by atoms with Gasteiger partial charge in [-0.2, -0.15) is 5.26 Å². The summed E-state index contributed by atoms with van der Waals surface area (Å²) in [7, 11) is -4.07. The molecule has 0 unspecified atom stereocenters. The molecule has 6 nitrogen and oxygen atoms in total. The normalized spacial score (nSPS) is 17.9. The van der Waals surface area contributed by atoms with Crippen molar-refractivity contribution in [1.82, 2.24) is 4.72 Å². The van der Waals surface area contributed by atoms with Crippen LogP contribution in [0, 0.1) is 11.3 Å². The molecule has 0 atom stereocenters. The van der Waals surface area contributed by atoms with Gasteiger partial charge in [0.05, 0.1) is 0 Å². The SMILES string of the molecule is N#CC1=C(O)C(=O)NS1(=O)=O.[Ag+].[Ag+]. The number of nitrogens with one attached hydrogen (secondary N) is 1. The van der Waals surface area contributed by atoms with E-state index < -0.39 is 26.6 Å². The minimum Gasteiger partial charge on any atom is -0.502 e. The number of hydrogen-bond acceptors (Lipinski definition) is 5. The number of hydrogen-bond donors (Lipinski definition) is 2. The average molecular weight is 390 g/mol. The fourth-order valence-corrected chi connectivity index (χ4v) is 1.48. The summed E-state index contributed by atoms with van der Waals surface area (Å²) in [6.45, 7) is 0. The monoisotopic (exact) mass is 388 g/mol. The van der Waals surface area contributed by atoms with Crippen LogP contribution >= 0.6 is 0 Å². The molecule has 0 saturated carbocycles. The van der Waals surface area contributed by atoms with Gasteiger partial charge in [-0.05, 0) is 0 Å². The number of nitriles is 1. The van der Waals surface area contributed by atoms with Crippen LogP contribution in [-0.2, 0) is 59.6 Å². The van der Waals surface area contributed by atoms with Gasteiger partial charge in [-0.3, -0.25) is 4.79 Å². The van der Waals surface area contributed by atoms with Crippen molar-refractivity contribution < 1.29 is 63.1 Å². The van der Waals surface area contributed by atoms with Crippen LogP contribution in [-0.4, -0.2) is 19.4 Å². The molecule has 0 fully saturated rings. The topological polar surface area (TPSA) is 107 Å². The summed E-state index contributed by atoms with van der Waals surface area (Å²) in [5, 5.41) is 16.8. The molecular weight excluding hydrogens is 388 g/mol. The van der Waals surface area contributed by atoms with E-state index in [9.17, 15) is 13.2 Å². The van der Waals surface area contributed by atoms with Crippen molar-refractivity contribution in [2.45, 2.75) is 0 Å². The minimum absolute atomic E-state index is 0. The van der Waals surface area contributed by atoms with Crippen LogP contribution < -0.4 is 4.72 Å². The maximum absolute atomic E-state index is 10.6. The molecule has 0 aliphatic carbocycles. The maximum atomic E-state index is 10.6. The molecule has 0 saturated heterocycles. The second-order valence-electron chi connectivity index (χ2n) is 1.72. The average Bonchev–Trinajstić information content (AvgIpc) is 2.03. The molecule has 9 heteroatoms. The van der Waals surface area contributed by atoms with E-state index in [1.165, 1.54) is 10.8 Å². The molecule has 0 aromatic rings. The number of aliphatic hydroxyl groups is 1. The van der Waals surface area contributed by atoms with E-state index >= 15 is 0 Å². The summed E-state index contributed by atoms with van der Waals surface area (Å²) in [5.74, 6) is -2.21. The van der Waals surface area contributed by atoms with E-state index in [0.29, 0.717) is 0 Å². The third-order valence-corrected chi connectivity index (χ3v) is 2.30. The van der Waals surface area contributed by atoms with Gasteiger partial charge in [0, 0.05) is 0 Å². The van der Waals surface area contributed by atoms with Crippen LogP contribution in [0.4, 0.5) is 0 Å². The third-order valence-electron chi connectivity index (χ3n) is 1.03. The van der Waals surface area contributed by atoms with E-state index in [0.717, 1.165) is 0 Å². The molecule has 0 aromatic carbocycles. The molecule has 1 aliphatic rings. The molecule has 0 aromatic heterocycles. The summed E-state index contributed by atoms with van der Waals surface area (Å²) >= 11 is 0. The molecule has 13 heavy (non-hydrogen) atoms. The summed E-state index contributed by atoms with van der Waals surface area (Å²) in [5.41, 5.74) is 0. The van der Waals surface area contributed by atoms with Crippen molar-refractivity contribution in [2.24, 2.45) is 0 Å². The standard InChI is InChI=1S/C4H2N2O4S.2Ag/c5-1-2-3(7)4(8)6-11(2,9)10;;/h7H,(H,6,8);;/q;2*+1. The van der Waals surface area contributed by atoms with Crippen molar-refractivity contribution in [1.29, 1.82) is 5.26 Å². The van der Waals surface area contributed by atoms with Gasteiger partial charge < -0.3 is 5.11 Å². The largest absolute Gasteiger partial charge is 1.00 e. The van der Waals surface area contributed by atoms with Gasteiger partial charge in [0.15, 0.2) is 0 Å². The maximum Gasteiger partial charge on any atom is 1.00 e. The number of aliphatic hydroxyl groups excluding tert-OH is 1. The van der Waals surface area contributed by atoms with E-state index in [2.05, 4.69) is 0 Å². The number of carbonyl (C=O) groups is 1. The van der Waals surface area contributed by atoms with Crippen molar-refractivity contribution in [3.05, 3.63) is 10.7 Å². The van der Waals surface area contributed by atoms with Gasteiger partial charge in [-0.1, -0.05) is 0 Å². The smallest absolute Gasteiger partial charge is 0.502 e. The Labute approximate surface area is 105 Å². The van der Waals surface area contributed by atoms with Crippen LogP contribution in [0.1, 0.15) is 0 Å². The number of sulfonamides is 1.